The molecule has 2 aromatic rings. The normalized spacial score (nSPS) is 11.9. The third-order valence-corrected chi connectivity index (χ3v) is 3.41. The number of benzene rings is 2. The number of anilines is 1. The Bertz CT molecular complexity index is 581. The van der Waals surface area contributed by atoms with Crippen LogP contribution in [0.1, 0.15) is 22.8 Å². The summed E-state index contributed by atoms with van der Waals surface area (Å²) >= 11 is 6.24. The minimum absolute atomic E-state index is 0.0691. The highest BCUT2D eigenvalue weighted by Gasteiger charge is 2.17. The van der Waals surface area contributed by atoms with Crippen LogP contribution in [0.3, 0.4) is 0 Å². The number of alkyl halides is 1. The van der Waals surface area contributed by atoms with Crippen molar-refractivity contribution in [1.29, 1.82) is 0 Å². The van der Waals surface area contributed by atoms with Crippen LogP contribution in [0, 0.1) is 6.92 Å². The first-order valence-electron chi connectivity index (χ1n) is 6.63. The smallest absolute Gasteiger partial charge is 0.182 e. The van der Waals surface area contributed by atoms with Crippen LogP contribution in [0.5, 0.6) is 0 Å². The van der Waals surface area contributed by atoms with Crippen LogP contribution in [0.4, 0.5) is 5.69 Å². The van der Waals surface area contributed by atoms with Crippen LogP contribution in [-0.4, -0.2) is 17.8 Å². The molecule has 0 aliphatic rings. The van der Waals surface area contributed by atoms with Crippen LogP contribution in [-0.2, 0) is 0 Å². The number of Topliss-reactive ketones (excluding diaryl/α,β-unsaturated/α-hetero) is 1. The fraction of sp³-hybridized carbons (Fsp3) is 0.235. The van der Waals surface area contributed by atoms with Gasteiger partial charge in [0.2, 0.25) is 0 Å². The summed E-state index contributed by atoms with van der Waals surface area (Å²) < 4.78 is 0. The van der Waals surface area contributed by atoms with E-state index in [1.54, 1.807) is 0 Å². The molecule has 0 radical (unpaired) electrons. The van der Waals surface area contributed by atoms with Crippen LogP contribution >= 0.6 is 11.6 Å². The van der Waals surface area contributed by atoms with Crippen molar-refractivity contribution in [1.82, 2.24) is 0 Å². The van der Waals surface area contributed by atoms with E-state index >= 15 is 0 Å². The van der Waals surface area contributed by atoms with Gasteiger partial charge in [0.25, 0.3) is 0 Å². The van der Waals surface area contributed by atoms with Gasteiger partial charge in [0.15, 0.2) is 5.78 Å². The number of carbonyl (C=O) groups is 1. The first kappa shape index (κ1) is 14.6. The number of carbonyl (C=O) groups excluding carboxylic acids is 1. The summed E-state index contributed by atoms with van der Waals surface area (Å²) in [4.78, 5) is 14.2. The zero-order valence-electron chi connectivity index (χ0n) is 11.7. The van der Waals surface area contributed by atoms with Crippen molar-refractivity contribution in [3.8, 4) is 0 Å². The van der Waals surface area contributed by atoms with E-state index in [-0.39, 0.29) is 17.8 Å². The fourth-order valence-electron chi connectivity index (χ4n) is 2.10. The highest BCUT2D eigenvalue weighted by Crippen LogP contribution is 2.20. The molecule has 0 spiro atoms. The Kier molecular flexibility index (Phi) is 4.80. The summed E-state index contributed by atoms with van der Waals surface area (Å²) in [6.07, 6.45) is 0. The molecule has 0 bridgehead atoms. The van der Waals surface area contributed by atoms with E-state index in [1.807, 2.05) is 73.3 Å². The summed E-state index contributed by atoms with van der Waals surface area (Å²) in [5.41, 5.74) is 2.58. The Labute approximate surface area is 125 Å². The van der Waals surface area contributed by atoms with Crippen LogP contribution in [0.2, 0.25) is 0 Å². The summed E-state index contributed by atoms with van der Waals surface area (Å²) in [6.45, 7) is 4.18. The van der Waals surface area contributed by atoms with E-state index in [0.717, 1.165) is 11.3 Å². The summed E-state index contributed by atoms with van der Waals surface area (Å²) in [5.74, 6) is 0.0691. The third kappa shape index (κ3) is 3.61. The number of hydrogen-bond donors (Lipinski definition) is 0. The minimum atomic E-state index is -0.246. The molecule has 2 rings (SSSR count). The SMILES string of the molecule is Cc1cccc(N(CC(=O)c2ccccc2)C(C)Cl)c1. The molecule has 1 atom stereocenters. The van der Waals surface area contributed by atoms with Gasteiger partial charge in [-0.2, -0.15) is 0 Å². The van der Waals surface area contributed by atoms with Gasteiger partial charge in [-0.05, 0) is 31.5 Å². The van der Waals surface area contributed by atoms with Crippen molar-refractivity contribution in [3.63, 3.8) is 0 Å². The molecule has 2 nitrogen and oxygen atoms in total. The lowest BCUT2D eigenvalue weighted by molar-refractivity contribution is 0.0998. The van der Waals surface area contributed by atoms with E-state index in [9.17, 15) is 4.79 Å². The maximum atomic E-state index is 12.3. The van der Waals surface area contributed by atoms with E-state index in [0.29, 0.717) is 5.56 Å². The average Bonchev–Trinajstić information content (AvgIpc) is 2.45. The molecule has 104 valence electrons. The minimum Gasteiger partial charge on any atom is -0.348 e. The summed E-state index contributed by atoms with van der Waals surface area (Å²) in [6, 6.07) is 17.3. The molecule has 0 N–H and O–H groups in total. The molecular formula is C17H18ClNO. The van der Waals surface area contributed by atoms with Crippen LogP contribution in [0.15, 0.2) is 54.6 Å². The molecule has 1 unspecified atom stereocenters. The van der Waals surface area contributed by atoms with Crippen molar-refractivity contribution < 1.29 is 4.79 Å². The number of ketones is 1. The topological polar surface area (TPSA) is 20.3 Å². The Morgan fingerprint density at radius 3 is 2.45 bits per heavy atom. The predicted octanol–water partition coefficient (Wildman–Crippen LogP) is 4.27. The van der Waals surface area contributed by atoms with Crippen LogP contribution < -0.4 is 4.90 Å². The molecular weight excluding hydrogens is 270 g/mol. The van der Waals surface area contributed by atoms with Crippen molar-refractivity contribution in [3.05, 3.63) is 65.7 Å². The fourth-order valence-corrected chi connectivity index (χ4v) is 2.28. The van der Waals surface area contributed by atoms with E-state index in [2.05, 4.69) is 0 Å². The van der Waals surface area contributed by atoms with E-state index in [4.69, 9.17) is 11.6 Å². The molecule has 0 amide bonds. The number of halogens is 1. The summed E-state index contributed by atoms with van der Waals surface area (Å²) in [5, 5.41) is 0. The van der Waals surface area contributed by atoms with Gasteiger partial charge < -0.3 is 4.90 Å². The van der Waals surface area contributed by atoms with Gasteiger partial charge in [-0.15, -0.1) is 0 Å². The van der Waals surface area contributed by atoms with Gasteiger partial charge in [0, 0.05) is 11.3 Å². The molecule has 3 heteroatoms. The Hall–Kier alpha value is -1.80. The number of aryl methyl sites for hydroxylation is 1. The summed E-state index contributed by atoms with van der Waals surface area (Å²) in [7, 11) is 0. The van der Waals surface area contributed by atoms with Crippen molar-refractivity contribution >= 4 is 23.1 Å². The monoisotopic (exact) mass is 287 g/mol. The van der Waals surface area contributed by atoms with Crippen molar-refractivity contribution in [2.75, 3.05) is 11.4 Å². The molecule has 0 aliphatic carbocycles. The molecule has 20 heavy (non-hydrogen) atoms. The predicted molar refractivity (Wildman–Crippen MR) is 84.6 cm³/mol. The largest absolute Gasteiger partial charge is 0.348 e. The number of nitrogens with zero attached hydrogens (tertiary/aromatic N) is 1. The lowest BCUT2D eigenvalue weighted by Crippen LogP contribution is -2.34. The van der Waals surface area contributed by atoms with E-state index < -0.39 is 0 Å². The lowest BCUT2D eigenvalue weighted by atomic mass is 10.1. The molecule has 0 saturated carbocycles. The highest BCUT2D eigenvalue weighted by atomic mass is 35.5. The van der Waals surface area contributed by atoms with Gasteiger partial charge in [0.1, 0.15) is 5.50 Å². The number of rotatable bonds is 5. The molecule has 0 aromatic heterocycles. The van der Waals surface area contributed by atoms with Crippen LogP contribution in [0.25, 0.3) is 0 Å². The quantitative estimate of drug-likeness (QED) is 0.465. The van der Waals surface area contributed by atoms with Crippen molar-refractivity contribution in [2.45, 2.75) is 19.3 Å². The van der Waals surface area contributed by atoms with Gasteiger partial charge in [0.05, 0.1) is 6.54 Å². The van der Waals surface area contributed by atoms with E-state index in [1.165, 1.54) is 0 Å². The Morgan fingerprint density at radius 2 is 1.85 bits per heavy atom. The van der Waals surface area contributed by atoms with Crippen molar-refractivity contribution in [2.24, 2.45) is 0 Å². The second-order valence-corrected chi connectivity index (χ2v) is 5.46. The molecule has 0 heterocycles. The first-order valence-corrected chi connectivity index (χ1v) is 7.07. The maximum Gasteiger partial charge on any atom is 0.182 e. The molecule has 0 fully saturated rings. The van der Waals surface area contributed by atoms with Gasteiger partial charge >= 0.3 is 0 Å². The molecule has 0 aliphatic heterocycles. The lowest BCUT2D eigenvalue weighted by Gasteiger charge is -2.27. The van der Waals surface area contributed by atoms with Gasteiger partial charge in [-0.1, -0.05) is 54.1 Å². The van der Waals surface area contributed by atoms with Gasteiger partial charge in [-0.3, -0.25) is 4.79 Å². The third-order valence-electron chi connectivity index (χ3n) is 3.17. The maximum absolute atomic E-state index is 12.3. The standard InChI is InChI=1S/C17H18ClNO/c1-13-7-6-10-16(11-13)19(14(2)18)12-17(20)15-8-4-3-5-9-15/h3-11,14H,12H2,1-2H3. The average molecular weight is 288 g/mol. The second-order valence-electron chi connectivity index (χ2n) is 4.83. The molecule has 0 saturated heterocycles. The second kappa shape index (κ2) is 6.58. The Balaban J connectivity index is 2.21. The highest BCUT2D eigenvalue weighted by molar-refractivity contribution is 6.22. The zero-order chi connectivity index (χ0) is 14.5. The molecule has 2 aromatic carbocycles. The first-order chi connectivity index (χ1) is 9.58. The number of hydrogen-bond acceptors (Lipinski definition) is 2. The zero-order valence-corrected chi connectivity index (χ0v) is 12.5. The Morgan fingerprint density at radius 1 is 1.15 bits per heavy atom. The van der Waals surface area contributed by atoms with Gasteiger partial charge in [-0.25, -0.2) is 0 Å².